The molecule has 6 nitrogen and oxygen atoms in total. The molecule has 0 radical (unpaired) electrons. The lowest BCUT2D eigenvalue weighted by molar-refractivity contribution is 0.248. The highest BCUT2D eigenvalue weighted by molar-refractivity contribution is 5.64. The zero-order chi connectivity index (χ0) is 18.9. The third-order valence-corrected chi connectivity index (χ3v) is 5.57. The number of anilines is 3. The fourth-order valence-electron chi connectivity index (χ4n) is 3.96. The van der Waals surface area contributed by atoms with Crippen LogP contribution in [0.3, 0.4) is 0 Å². The number of piperazine rings is 1. The van der Waals surface area contributed by atoms with Crippen LogP contribution in [-0.4, -0.2) is 51.9 Å². The lowest BCUT2D eigenvalue weighted by Gasteiger charge is -2.36. The Kier molecular flexibility index (Phi) is 4.49. The summed E-state index contributed by atoms with van der Waals surface area (Å²) in [5.41, 5.74) is 4.56. The van der Waals surface area contributed by atoms with E-state index in [1.807, 2.05) is 30.3 Å². The highest BCUT2D eigenvalue weighted by Crippen LogP contribution is 2.30. The Balaban J connectivity index is 1.30. The average Bonchev–Trinajstić information content (AvgIpc) is 3.47. The highest BCUT2D eigenvalue weighted by Gasteiger charge is 2.31. The van der Waals surface area contributed by atoms with Crippen LogP contribution in [0.1, 0.15) is 18.4 Å². The van der Waals surface area contributed by atoms with Gasteiger partial charge in [-0.1, -0.05) is 18.2 Å². The second-order valence-corrected chi connectivity index (χ2v) is 7.78. The zero-order valence-corrected chi connectivity index (χ0v) is 16.3. The van der Waals surface area contributed by atoms with E-state index in [1.165, 1.54) is 37.2 Å². The topological polar surface area (TPSA) is 49.2 Å². The normalized spacial score (nSPS) is 17.7. The van der Waals surface area contributed by atoms with Gasteiger partial charge in [-0.05, 0) is 55.7 Å². The Morgan fingerprint density at radius 2 is 1.71 bits per heavy atom. The van der Waals surface area contributed by atoms with Crippen molar-refractivity contribution in [2.45, 2.75) is 25.8 Å². The van der Waals surface area contributed by atoms with E-state index in [4.69, 9.17) is 0 Å². The molecule has 0 atom stereocenters. The van der Waals surface area contributed by atoms with Gasteiger partial charge in [0.05, 0.1) is 5.69 Å². The molecule has 1 saturated carbocycles. The monoisotopic (exact) mass is 374 g/mol. The molecule has 2 aromatic carbocycles. The van der Waals surface area contributed by atoms with Gasteiger partial charge >= 0.3 is 0 Å². The van der Waals surface area contributed by atoms with Crippen molar-refractivity contribution >= 4 is 17.3 Å². The number of aromatic nitrogens is 3. The Hall–Kier alpha value is -2.86. The van der Waals surface area contributed by atoms with Crippen LogP contribution in [-0.2, 0) is 0 Å². The molecule has 1 aromatic heterocycles. The van der Waals surface area contributed by atoms with Crippen LogP contribution >= 0.6 is 0 Å². The average molecular weight is 374 g/mol. The van der Waals surface area contributed by atoms with Gasteiger partial charge in [-0.15, -0.1) is 5.10 Å². The zero-order valence-electron chi connectivity index (χ0n) is 16.3. The molecule has 2 heterocycles. The number of benzene rings is 2. The molecular formula is C22H26N6. The molecular weight excluding hydrogens is 348 g/mol. The second kappa shape index (κ2) is 7.28. The molecule has 28 heavy (non-hydrogen) atoms. The van der Waals surface area contributed by atoms with E-state index in [1.54, 1.807) is 11.0 Å². The van der Waals surface area contributed by atoms with E-state index in [9.17, 15) is 0 Å². The molecule has 1 aliphatic carbocycles. The number of nitrogens with zero attached hydrogens (tertiary/aromatic N) is 5. The smallest absolute Gasteiger partial charge is 0.246 e. The predicted octanol–water partition coefficient (Wildman–Crippen LogP) is 3.60. The van der Waals surface area contributed by atoms with E-state index < -0.39 is 0 Å². The first-order chi connectivity index (χ1) is 13.7. The Morgan fingerprint density at radius 3 is 2.46 bits per heavy atom. The van der Waals surface area contributed by atoms with Crippen molar-refractivity contribution in [3.05, 3.63) is 60.4 Å². The summed E-state index contributed by atoms with van der Waals surface area (Å²) in [6, 6.07) is 17.5. The van der Waals surface area contributed by atoms with Gasteiger partial charge < -0.3 is 10.2 Å². The fourth-order valence-corrected chi connectivity index (χ4v) is 3.96. The van der Waals surface area contributed by atoms with Gasteiger partial charge in [0.25, 0.3) is 0 Å². The summed E-state index contributed by atoms with van der Waals surface area (Å²) < 4.78 is 1.79. The molecule has 1 N–H and O–H groups in total. The summed E-state index contributed by atoms with van der Waals surface area (Å²) in [5, 5.41) is 7.93. The molecule has 6 heteroatoms. The third kappa shape index (κ3) is 3.73. The molecule has 5 rings (SSSR count). The molecule has 2 aliphatic rings. The standard InChI is InChI=1S/C22H26N6/c1-17-13-18(24-22-23-16-28(25-22)20-5-3-2-4-6-20)15-21(14-17)27-11-9-26(10-12-27)19-7-8-19/h2-6,13-16,19H,7-12H2,1H3,(H,24,25). The number of para-hydroxylation sites is 1. The van der Waals surface area contributed by atoms with Crippen LogP contribution in [0.4, 0.5) is 17.3 Å². The van der Waals surface area contributed by atoms with Crippen molar-refractivity contribution in [1.29, 1.82) is 0 Å². The fraction of sp³-hybridized carbons (Fsp3) is 0.364. The molecule has 1 saturated heterocycles. The van der Waals surface area contributed by atoms with Crippen LogP contribution in [0, 0.1) is 6.92 Å². The SMILES string of the molecule is Cc1cc(Nc2ncn(-c3ccccc3)n2)cc(N2CCN(C3CC3)CC2)c1. The number of aryl methyl sites for hydroxylation is 1. The Bertz CT molecular complexity index is 939. The summed E-state index contributed by atoms with van der Waals surface area (Å²) in [4.78, 5) is 9.55. The van der Waals surface area contributed by atoms with Gasteiger partial charge in [-0.3, -0.25) is 4.90 Å². The molecule has 0 unspecified atom stereocenters. The Labute approximate surface area is 165 Å². The highest BCUT2D eigenvalue weighted by atomic mass is 15.4. The van der Waals surface area contributed by atoms with Crippen LogP contribution in [0.25, 0.3) is 5.69 Å². The number of hydrogen-bond acceptors (Lipinski definition) is 5. The quantitative estimate of drug-likeness (QED) is 0.739. The van der Waals surface area contributed by atoms with Gasteiger partial charge in [0.2, 0.25) is 5.95 Å². The summed E-state index contributed by atoms with van der Waals surface area (Å²) in [5.74, 6) is 0.610. The van der Waals surface area contributed by atoms with Gasteiger partial charge in [-0.2, -0.15) is 4.98 Å². The molecule has 3 aromatic rings. The maximum Gasteiger partial charge on any atom is 0.246 e. The van der Waals surface area contributed by atoms with Crippen molar-refractivity contribution in [2.75, 3.05) is 36.4 Å². The molecule has 0 spiro atoms. The van der Waals surface area contributed by atoms with E-state index in [-0.39, 0.29) is 0 Å². The van der Waals surface area contributed by atoms with E-state index >= 15 is 0 Å². The van der Waals surface area contributed by atoms with E-state index in [0.29, 0.717) is 5.95 Å². The summed E-state index contributed by atoms with van der Waals surface area (Å²) in [6.45, 7) is 6.68. The summed E-state index contributed by atoms with van der Waals surface area (Å²) >= 11 is 0. The van der Waals surface area contributed by atoms with Crippen LogP contribution < -0.4 is 10.2 Å². The van der Waals surface area contributed by atoms with Gasteiger partial charge in [0, 0.05) is 43.6 Å². The van der Waals surface area contributed by atoms with Crippen LogP contribution in [0.5, 0.6) is 0 Å². The van der Waals surface area contributed by atoms with Crippen molar-refractivity contribution in [1.82, 2.24) is 19.7 Å². The van der Waals surface area contributed by atoms with Gasteiger partial charge in [0.15, 0.2) is 0 Å². The predicted molar refractivity (Wildman–Crippen MR) is 113 cm³/mol. The largest absolute Gasteiger partial charge is 0.369 e. The molecule has 1 aliphatic heterocycles. The van der Waals surface area contributed by atoms with Crippen LogP contribution in [0.15, 0.2) is 54.9 Å². The van der Waals surface area contributed by atoms with E-state index in [0.717, 1.165) is 30.5 Å². The Morgan fingerprint density at radius 1 is 0.929 bits per heavy atom. The molecule has 0 bridgehead atoms. The van der Waals surface area contributed by atoms with Crippen molar-refractivity contribution < 1.29 is 0 Å². The lowest BCUT2D eigenvalue weighted by atomic mass is 10.1. The van der Waals surface area contributed by atoms with Crippen molar-refractivity contribution in [3.8, 4) is 5.69 Å². The first-order valence-corrected chi connectivity index (χ1v) is 10.1. The third-order valence-electron chi connectivity index (χ3n) is 5.57. The number of hydrogen-bond donors (Lipinski definition) is 1. The summed E-state index contributed by atoms with van der Waals surface area (Å²) in [6.07, 6.45) is 4.52. The lowest BCUT2D eigenvalue weighted by Crippen LogP contribution is -2.47. The van der Waals surface area contributed by atoms with Crippen molar-refractivity contribution in [2.24, 2.45) is 0 Å². The molecule has 0 amide bonds. The minimum absolute atomic E-state index is 0.610. The van der Waals surface area contributed by atoms with E-state index in [2.05, 4.69) is 50.3 Å². The minimum atomic E-state index is 0.610. The van der Waals surface area contributed by atoms with Gasteiger partial charge in [0.1, 0.15) is 6.33 Å². The van der Waals surface area contributed by atoms with Gasteiger partial charge in [-0.25, -0.2) is 4.68 Å². The number of nitrogens with one attached hydrogen (secondary N) is 1. The maximum atomic E-state index is 4.56. The first kappa shape index (κ1) is 17.3. The second-order valence-electron chi connectivity index (χ2n) is 7.78. The number of rotatable bonds is 5. The summed E-state index contributed by atoms with van der Waals surface area (Å²) in [7, 11) is 0. The van der Waals surface area contributed by atoms with Crippen LogP contribution in [0.2, 0.25) is 0 Å². The minimum Gasteiger partial charge on any atom is -0.369 e. The first-order valence-electron chi connectivity index (χ1n) is 10.1. The van der Waals surface area contributed by atoms with Crippen molar-refractivity contribution in [3.63, 3.8) is 0 Å². The molecule has 2 fully saturated rings. The molecule has 144 valence electrons. The maximum absolute atomic E-state index is 4.56.